The molecule has 2 aliphatic rings. The van der Waals surface area contributed by atoms with Crippen molar-refractivity contribution in [3.63, 3.8) is 0 Å². The van der Waals surface area contributed by atoms with Gasteiger partial charge in [0, 0.05) is 0 Å². The van der Waals surface area contributed by atoms with Gasteiger partial charge in [0.1, 0.15) is 19.8 Å². The molecule has 2 heterocycles. The molecule has 7 heteroatoms. The number of ether oxygens (including phenoxy) is 2. The fourth-order valence-electron chi connectivity index (χ4n) is 3.80. The summed E-state index contributed by atoms with van der Waals surface area (Å²) in [4.78, 5) is 29.3. The molecule has 5 rings (SSSR count). The number of carbonyl (C=O) groups excluding carboxylic acids is 1. The first-order chi connectivity index (χ1) is 14.2. The van der Waals surface area contributed by atoms with Gasteiger partial charge in [0.2, 0.25) is 5.91 Å². The number of hydrogen-bond donors (Lipinski definition) is 1. The van der Waals surface area contributed by atoms with E-state index in [2.05, 4.69) is 10.3 Å². The first-order valence-electron chi connectivity index (χ1n) is 9.82. The van der Waals surface area contributed by atoms with Crippen molar-refractivity contribution < 1.29 is 14.3 Å². The molecule has 29 heavy (non-hydrogen) atoms. The van der Waals surface area contributed by atoms with Crippen LogP contribution in [-0.4, -0.2) is 28.7 Å². The van der Waals surface area contributed by atoms with E-state index in [1.54, 1.807) is 6.07 Å². The lowest BCUT2D eigenvalue weighted by Gasteiger charge is -2.23. The van der Waals surface area contributed by atoms with E-state index in [0.29, 0.717) is 35.9 Å². The van der Waals surface area contributed by atoms with E-state index in [0.717, 1.165) is 24.2 Å². The summed E-state index contributed by atoms with van der Waals surface area (Å²) in [6.45, 7) is 1.02. The van der Waals surface area contributed by atoms with Gasteiger partial charge in [0.15, 0.2) is 11.5 Å². The van der Waals surface area contributed by atoms with E-state index in [-0.39, 0.29) is 24.1 Å². The molecule has 2 aromatic carbocycles. The molecule has 0 spiro atoms. The zero-order valence-electron chi connectivity index (χ0n) is 15.8. The van der Waals surface area contributed by atoms with Crippen LogP contribution in [-0.2, 0) is 11.3 Å². The second-order valence-corrected chi connectivity index (χ2v) is 7.46. The van der Waals surface area contributed by atoms with E-state index >= 15 is 0 Å². The molecule has 1 saturated carbocycles. The molecule has 3 aromatic rings. The van der Waals surface area contributed by atoms with E-state index in [1.807, 2.05) is 36.4 Å². The van der Waals surface area contributed by atoms with Crippen LogP contribution < -0.4 is 20.3 Å². The van der Waals surface area contributed by atoms with Gasteiger partial charge in [-0.25, -0.2) is 4.98 Å². The van der Waals surface area contributed by atoms with Crippen molar-refractivity contribution in [2.24, 2.45) is 5.92 Å². The summed E-state index contributed by atoms with van der Waals surface area (Å²) in [5, 5.41) is 3.13. The summed E-state index contributed by atoms with van der Waals surface area (Å²) in [6.07, 6.45) is 3.39. The van der Waals surface area contributed by atoms with Gasteiger partial charge in [0.25, 0.3) is 5.56 Å². The predicted molar refractivity (Wildman–Crippen MR) is 107 cm³/mol. The second kappa shape index (κ2) is 7.24. The smallest absolute Gasteiger partial charge is 0.269 e. The Bertz CT molecular complexity index is 1140. The number of nitrogens with zero attached hydrogens (tertiary/aromatic N) is 2. The number of fused-ring (bicyclic) bond motifs is 2. The summed E-state index contributed by atoms with van der Waals surface area (Å²) in [6, 6.07) is 13.0. The highest BCUT2D eigenvalue weighted by molar-refractivity contribution is 5.80. The van der Waals surface area contributed by atoms with Gasteiger partial charge in [-0.05, 0) is 48.6 Å². The highest BCUT2D eigenvalue weighted by atomic mass is 16.6. The van der Waals surface area contributed by atoms with E-state index < -0.39 is 0 Å². The molecule has 1 N–H and O–H groups in total. The topological polar surface area (TPSA) is 82.5 Å². The number of nitrogens with one attached hydrogen (secondary N) is 1. The number of rotatable bonds is 5. The predicted octanol–water partition coefficient (Wildman–Crippen LogP) is 2.44. The summed E-state index contributed by atoms with van der Waals surface area (Å²) in [5.74, 6) is 1.64. The van der Waals surface area contributed by atoms with Crippen molar-refractivity contribution in [1.82, 2.24) is 14.9 Å². The SMILES string of the molecule is O=C(Cn1c(=O)cnc2ccccc21)NC(c1ccc2c(c1)OCCO2)C1CC1. The number of para-hydroxylation sites is 2. The Morgan fingerprint density at radius 3 is 2.76 bits per heavy atom. The van der Waals surface area contributed by atoms with Gasteiger partial charge in [-0.15, -0.1) is 0 Å². The molecule has 7 nitrogen and oxygen atoms in total. The molecule has 1 atom stereocenters. The third-order valence-corrected chi connectivity index (χ3v) is 5.39. The Hall–Kier alpha value is -3.35. The number of aromatic nitrogens is 2. The van der Waals surface area contributed by atoms with E-state index in [1.165, 1.54) is 10.8 Å². The normalized spacial score (nSPS) is 16.4. The van der Waals surface area contributed by atoms with Crippen molar-refractivity contribution >= 4 is 16.9 Å². The molecule has 1 amide bonds. The molecule has 0 radical (unpaired) electrons. The van der Waals surface area contributed by atoms with Gasteiger partial charge < -0.3 is 14.8 Å². The molecular formula is C22H21N3O4. The minimum atomic E-state index is -0.291. The molecular weight excluding hydrogens is 370 g/mol. The lowest BCUT2D eigenvalue weighted by atomic mass is 10.0. The Kier molecular flexibility index (Phi) is 4.42. The average molecular weight is 391 g/mol. The van der Waals surface area contributed by atoms with Crippen LogP contribution in [0.4, 0.5) is 0 Å². The van der Waals surface area contributed by atoms with Gasteiger partial charge in [-0.2, -0.15) is 0 Å². The standard InChI is InChI=1S/C22H21N3O4/c26-20(13-25-17-4-2-1-3-16(17)23-12-21(25)27)24-22(14-5-6-14)15-7-8-18-19(11-15)29-10-9-28-18/h1-4,7-8,11-12,14,22H,5-6,9-10,13H2,(H,24,26). The van der Waals surface area contributed by atoms with Gasteiger partial charge in [-0.3, -0.25) is 14.2 Å². The highest BCUT2D eigenvalue weighted by Gasteiger charge is 2.34. The first-order valence-corrected chi connectivity index (χ1v) is 9.82. The quantitative estimate of drug-likeness (QED) is 0.722. The summed E-state index contributed by atoms with van der Waals surface area (Å²) < 4.78 is 12.7. The number of carbonyl (C=O) groups is 1. The van der Waals surface area contributed by atoms with Crippen LogP contribution in [0.5, 0.6) is 11.5 Å². The Labute approximate surface area is 167 Å². The van der Waals surface area contributed by atoms with Crippen LogP contribution >= 0.6 is 0 Å². The molecule has 148 valence electrons. The van der Waals surface area contributed by atoms with Crippen LogP contribution in [0.2, 0.25) is 0 Å². The fraction of sp³-hybridized carbons (Fsp3) is 0.318. The zero-order valence-corrected chi connectivity index (χ0v) is 15.8. The Morgan fingerprint density at radius 2 is 1.93 bits per heavy atom. The van der Waals surface area contributed by atoms with Crippen molar-refractivity contribution in [1.29, 1.82) is 0 Å². The van der Waals surface area contributed by atoms with Crippen LogP contribution in [0.3, 0.4) is 0 Å². The highest BCUT2D eigenvalue weighted by Crippen LogP contribution is 2.43. The van der Waals surface area contributed by atoms with Crippen molar-refractivity contribution in [3.8, 4) is 11.5 Å². The molecule has 1 aliphatic carbocycles. The summed E-state index contributed by atoms with van der Waals surface area (Å²) >= 11 is 0. The average Bonchev–Trinajstić information content (AvgIpc) is 3.59. The maximum Gasteiger partial charge on any atom is 0.269 e. The second-order valence-electron chi connectivity index (χ2n) is 7.46. The first kappa shape index (κ1) is 17.7. The molecule has 1 unspecified atom stereocenters. The molecule has 1 aliphatic heterocycles. The third-order valence-electron chi connectivity index (χ3n) is 5.39. The largest absolute Gasteiger partial charge is 0.486 e. The Morgan fingerprint density at radius 1 is 1.14 bits per heavy atom. The maximum absolute atomic E-state index is 12.9. The maximum atomic E-state index is 12.9. The number of amides is 1. The number of hydrogen-bond acceptors (Lipinski definition) is 5. The lowest BCUT2D eigenvalue weighted by Crippen LogP contribution is -2.35. The van der Waals surface area contributed by atoms with Gasteiger partial charge >= 0.3 is 0 Å². The lowest BCUT2D eigenvalue weighted by molar-refractivity contribution is -0.122. The van der Waals surface area contributed by atoms with Crippen molar-refractivity contribution in [2.75, 3.05) is 13.2 Å². The van der Waals surface area contributed by atoms with Crippen molar-refractivity contribution in [2.45, 2.75) is 25.4 Å². The minimum Gasteiger partial charge on any atom is -0.486 e. The van der Waals surface area contributed by atoms with Crippen molar-refractivity contribution in [3.05, 3.63) is 64.6 Å². The van der Waals surface area contributed by atoms with Gasteiger partial charge in [-0.1, -0.05) is 18.2 Å². The van der Waals surface area contributed by atoms with Crippen LogP contribution in [0.25, 0.3) is 11.0 Å². The molecule has 0 saturated heterocycles. The monoisotopic (exact) mass is 391 g/mol. The number of benzene rings is 2. The Balaban J connectivity index is 1.39. The van der Waals surface area contributed by atoms with E-state index in [4.69, 9.17) is 9.47 Å². The molecule has 1 aromatic heterocycles. The molecule has 1 fully saturated rings. The summed E-state index contributed by atoms with van der Waals surface area (Å²) in [5.41, 5.74) is 2.04. The van der Waals surface area contributed by atoms with Crippen LogP contribution in [0, 0.1) is 5.92 Å². The van der Waals surface area contributed by atoms with E-state index in [9.17, 15) is 9.59 Å². The van der Waals surface area contributed by atoms with Crippen LogP contribution in [0.15, 0.2) is 53.5 Å². The van der Waals surface area contributed by atoms with Crippen LogP contribution in [0.1, 0.15) is 24.4 Å². The summed E-state index contributed by atoms with van der Waals surface area (Å²) in [7, 11) is 0. The third kappa shape index (κ3) is 3.55. The molecule has 0 bridgehead atoms. The minimum absolute atomic E-state index is 0.0460. The van der Waals surface area contributed by atoms with Gasteiger partial charge in [0.05, 0.1) is 23.3 Å². The zero-order chi connectivity index (χ0) is 19.8. The fourth-order valence-corrected chi connectivity index (χ4v) is 3.80.